The molecule has 198 valence electrons. The van der Waals surface area contributed by atoms with Crippen LogP contribution in [0.2, 0.25) is 0 Å². The van der Waals surface area contributed by atoms with Gasteiger partial charge in [0, 0.05) is 17.5 Å². The predicted octanol–water partition coefficient (Wildman–Crippen LogP) is -0.622. The van der Waals surface area contributed by atoms with E-state index in [1.54, 1.807) is 12.1 Å². The number of benzene rings is 1. The summed E-state index contributed by atoms with van der Waals surface area (Å²) in [5.41, 5.74) is 7.27. The van der Waals surface area contributed by atoms with Crippen LogP contribution in [0.1, 0.15) is 17.5 Å². The second kappa shape index (κ2) is 11.2. The highest BCUT2D eigenvalue weighted by molar-refractivity contribution is 8.01. The molecule has 2 aromatic rings. The lowest BCUT2D eigenvalue weighted by molar-refractivity contribution is -0.150. The molecular weight excluding hydrogens is 546 g/mol. The van der Waals surface area contributed by atoms with Crippen molar-refractivity contribution in [3.63, 3.8) is 0 Å². The molecule has 0 aliphatic carbocycles. The summed E-state index contributed by atoms with van der Waals surface area (Å²) in [6.07, 6.45) is -0.134. The third kappa shape index (κ3) is 6.12. The Labute approximate surface area is 219 Å². The number of thioether (sulfide) groups is 2. The van der Waals surface area contributed by atoms with Crippen LogP contribution in [-0.2, 0) is 37.5 Å². The number of aromatic nitrogens is 4. The molecule has 17 heteroatoms. The number of nitrogens with one attached hydrogen (secondary N) is 2. The highest BCUT2D eigenvalue weighted by atomic mass is 32.2. The first kappa shape index (κ1) is 27.1. The van der Waals surface area contributed by atoms with E-state index in [1.807, 2.05) is 12.1 Å². The lowest BCUT2D eigenvalue weighted by Gasteiger charge is -2.50. The number of carboxylic acid groups (broad SMARTS) is 1. The van der Waals surface area contributed by atoms with Crippen LogP contribution in [0, 0.1) is 0 Å². The fourth-order valence-corrected chi connectivity index (χ4v) is 7.34. The van der Waals surface area contributed by atoms with Gasteiger partial charge in [-0.2, -0.15) is 8.42 Å². The number of rotatable bonds is 11. The average molecular weight is 570 g/mol. The first-order chi connectivity index (χ1) is 17.6. The van der Waals surface area contributed by atoms with Gasteiger partial charge in [-0.05, 0) is 33.5 Å². The molecule has 0 bridgehead atoms. The smallest absolute Gasteiger partial charge is 0.352 e. The summed E-state index contributed by atoms with van der Waals surface area (Å²) < 4.78 is 32.0. The van der Waals surface area contributed by atoms with Gasteiger partial charge in [0.25, 0.3) is 16.0 Å². The summed E-state index contributed by atoms with van der Waals surface area (Å²) in [5.74, 6) is -2.85. The van der Waals surface area contributed by atoms with Crippen molar-refractivity contribution in [3.8, 4) is 0 Å². The molecular formula is C20H23N7O7S3. The van der Waals surface area contributed by atoms with Gasteiger partial charge in [-0.3, -0.25) is 19.0 Å². The van der Waals surface area contributed by atoms with E-state index in [2.05, 4.69) is 25.9 Å². The summed E-state index contributed by atoms with van der Waals surface area (Å²) in [6, 6.07) is 6.27. The third-order valence-corrected chi connectivity index (χ3v) is 9.07. The Kier molecular flexibility index (Phi) is 8.17. The maximum absolute atomic E-state index is 13.0. The van der Waals surface area contributed by atoms with E-state index in [4.69, 9.17) is 5.73 Å². The van der Waals surface area contributed by atoms with Gasteiger partial charge >= 0.3 is 5.97 Å². The van der Waals surface area contributed by atoms with Crippen molar-refractivity contribution in [2.75, 3.05) is 11.5 Å². The van der Waals surface area contributed by atoms with Gasteiger partial charge in [0.1, 0.15) is 17.1 Å². The SMILES string of the molecule is NCc1ccccc1CC(=O)NC1C(=O)N2C(C(=O)O)=C(C(CCS(=O)(=O)O)Sc3nnn[nH]3)CS[C@@H]12. The Hall–Kier alpha value is -2.99. The number of H-pyrrole nitrogens is 1. The fraction of sp³-hybridized carbons (Fsp3) is 0.400. The Morgan fingerprint density at radius 3 is 2.68 bits per heavy atom. The monoisotopic (exact) mass is 569 g/mol. The van der Waals surface area contributed by atoms with Crippen LogP contribution in [0.4, 0.5) is 0 Å². The minimum atomic E-state index is -4.34. The van der Waals surface area contributed by atoms with Crippen molar-refractivity contribution in [1.29, 1.82) is 0 Å². The van der Waals surface area contributed by atoms with Crippen LogP contribution in [0.25, 0.3) is 0 Å². The molecule has 1 saturated heterocycles. The molecule has 1 fully saturated rings. The first-order valence-electron chi connectivity index (χ1n) is 10.9. The zero-order chi connectivity index (χ0) is 26.7. The quantitative estimate of drug-likeness (QED) is 0.129. The Bertz CT molecular complexity index is 1330. The van der Waals surface area contributed by atoms with Gasteiger partial charge in [0.2, 0.25) is 11.1 Å². The molecule has 0 spiro atoms. The highest BCUT2D eigenvalue weighted by Crippen LogP contribution is 2.44. The summed E-state index contributed by atoms with van der Waals surface area (Å²) in [7, 11) is -4.34. The normalized spacial score (nSPS) is 20.3. The van der Waals surface area contributed by atoms with E-state index in [0.29, 0.717) is 0 Å². The van der Waals surface area contributed by atoms with Crippen molar-refractivity contribution < 1.29 is 32.5 Å². The maximum atomic E-state index is 13.0. The Morgan fingerprint density at radius 2 is 2.05 bits per heavy atom. The number of hydrogen-bond acceptors (Lipinski definition) is 11. The lowest BCUT2D eigenvalue weighted by atomic mass is 9.99. The largest absolute Gasteiger partial charge is 0.477 e. The molecule has 0 saturated carbocycles. The van der Waals surface area contributed by atoms with Gasteiger partial charge in [0.15, 0.2) is 0 Å². The molecule has 6 N–H and O–H groups in total. The van der Waals surface area contributed by atoms with Crippen molar-refractivity contribution in [2.45, 2.75) is 41.2 Å². The van der Waals surface area contributed by atoms with Crippen molar-refractivity contribution in [3.05, 3.63) is 46.7 Å². The minimum absolute atomic E-state index is 0.0149. The summed E-state index contributed by atoms with van der Waals surface area (Å²) in [6.45, 7) is 0.258. The van der Waals surface area contributed by atoms with E-state index in [9.17, 15) is 32.5 Å². The van der Waals surface area contributed by atoms with Gasteiger partial charge in [-0.15, -0.1) is 16.9 Å². The zero-order valence-corrected chi connectivity index (χ0v) is 21.6. The van der Waals surface area contributed by atoms with Gasteiger partial charge < -0.3 is 16.2 Å². The van der Waals surface area contributed by atoms with E-state index < -0.39 is 50.3 Å². The summed E-state index contributed by atoms with van der Waals surface area (Å²) in [5, 5.41) is 24.6. The number of fused-ring (bicyclic) bond motifs is 1. The number of carboxylic acids is 1. The topological polar surface area (TPSA) is 222 Å². The molecule has 4 rings (SSSR count). The first-order valence-corrected chi connectivity index (χ1v) is 14.5. The fourth-order valence-electron chi connectivity index (χ4n) is 4.11. The number of hydrogen-bond donors (Lipinski definition) is 5. The number of amides is 2. The minimum Gasteiger partial charge on any atom is -0.477 e. The zero-order valence-electron chi connectivity index (χ0n) is 19.1. The summed E-state index contributed by atoms with van der Waals surface area (Å²) in [4.78, 5) is 39.1. The number of carbonyl (C=O) groups is 3. The predicted molar refractivity (Wildman–Crippen MR) is 133 cm³/mol. The molecule has 37 heavy (non-hydrogen) atoms. The van der Waals surface area contributed by atoms with Gasteiger partial charge in [-0.25, -0.2) is 9.89 Å². The molecule has 2 aliphatic heterocycles. The third-order valence-electron chi connectivity index (χ3n) is 5.81. The molecule has 2 amide bonds. The number of aliphatic carboxylic acids is 1. The van der Waals surface area contributed by atoms with Crippen LogP contribution in [0.3, 0.4) is 0 Å². The molecule has 2 aliphatic rings. The molecule has 3 heterocycles. The van der Waals surface area contributed by atoms with Crippen LogP contribution in [-0.4, -0.2) is 89.6 Å². The van der Waals surface area contributed by atoms with E-state index >= 15 is 0 Å². The van der Waals surface area contributed by atoms with Crippen molar-refractivity contribution in [2.24, 2.45) is 5.73 Å². The van der Waals surface area contributed by atoms with Crippen LogP contribution in [0.15, 0.2) is 40.7 Å². The van der Waals surface area contributed by atoms with Gasteiger partial charge in [-0.1, -0.05) is 36.0 Å². The highest BCUT2D eigenvalue weighted by Gasteiger charge is 2.54. The molecule has 3 atom stereocenters. The van der Waals surface area contributed by atoms with Crippen LogP contribution >= 0.6 is 23.5 Å². The lowest BCUT2D eigenvalue weighted by Crippen LogP contribution is -2.70. The molecule has 1 aromatic carbocycles. The molecule has 1 aromatic heterocycles. The summed E-state index contributed by atoms with van der Waals surface area (Å²) >= 11 is 2.24. The Morgan fingerprint density at radius 1 is 1.32 bits per heavy atom. The number of nitrogens with two attached hydrogens (primary N) is 1. The molecule has 2 unspecified atom stereocenters. The maximum Gasteiger partial charge on any atom is 0.352 e. The molecule has 0 radical (unpaired) electrons. The Balaban J connectivity index is 1.54. The number of aromatic amines is 1. The van der Waals surface area contributed by atoms with Crippen LogP contribution < -0.4 is 11.1 Å². The standard InChI is InChI=1S/C20H23N7O7S3/c21-8-11-4-2-1-3-10(11)7-14(28)22-15-17(29)27-16(19(30)31)12(9-35-18(15)27)13(5-6-37(32,33)34)36-20-23-25-26-24-20/h1-4,13,15,18H,5-9,21H2,(H,22,28)(H,30,31)(H,32,33,34)(H,23,24,25,26)/t13?,15?,18-/m0/s1. The number of carbonyl (C=O) groups excluding carboxylic acids is 2. The van der Waals surface area contributed by atoms with E-state index in [0.717, 1.165) is 27.8 Å². The average Bonchev–Trinajstić information content (AvgIpc) is 3.37. The molecule has 14 nitrogen and oxygen atoms in total. The second-order valence-corrected chi connectivity index (χ2v) is 12.0. The number of nitrogens with zero attached hydrogens (tertiary/aromatic N) is 4. The van der Waals surface area contributed by atoms with Crippen molar-refractivity contribution in [1.82, 2.24) is 30.8 Å². The second-order valence-electron chi connectivity index (χ2n) is 8.17. The van der Waals surface area contributed by atoms with E-state index in [1.165, 1.54) is 11.8 Å². The van der Waals surface area contributed by atoms with Gasteiger partial charge in [0.05, 0.1) is 12.2 Å². The number of tetrazole rings is 1. The van der Waals surface area contributed by atoms with E-state index in [-0.39, 0.29) is 41.6 Å². The van der Waals surface area contributed by atoms with Crippen molar-refractivity contribution >= 4 is 51.4 Å². The number of β-lactam (4-membered cyclic amide) rings is 1. The van der Waals surface area contributed by atoms with Crippen LogP contribution in [0.5, 0.6) is 0 Å².